The summed E-state index contributed by atoms with van der Waals surface area (Å²) >= 11 is 1.25. The Bertz CT molecular complexity index is 1920. The van der Waals surface area contributed by atoms with Crippen molar-refractivity contribution in [2.75, 3.05) is 25.2 Å². The van der Waals surface area contributed by atoms with Crippen LogP contribution in [0, 0.1) is 0 Å². The number of hydrogen-bond acceptors (Lipinski definition) is 9. The van der Waals surface area contributed by atoms with Gasteiger partial charge in [0.1, 0.15) is 36.2 Å². The molecule has 2 aliphatic heterocycles. The van der Waals surface area contributed by atoms with Crippen molar-refractivity contribution in [2.45, 2.75) is 6.04 Å². The molecule has 1 saturated heterocycles. The number of aliphatic hydroxyl groups excluding tert-OH is 1. The minimum Gasteiger partial charge on any atom is -0.507 e. The lowest BCUT2D eigenvalue weighted by atomic mass is 9.95. The van der Waals surface area contributed by atoms with E-state index < -0.39 is 17.7 Å². The van der Waals surface area contributed by atoms with E-state index >= 15 is 0 Å². The maximum absolute atomic E-state index is 13.7. The lowest BCUT2D eigenvalue weighted by Gasteiger charge is -2.23. The van der Waals surface area contributed by atoms with Gasteiger partial charge in [0.2, 0.25) is 0 Å². The molecule has 0 unspecified atom stereocenters. The summed E-state index contributed by atoms with van der Waals surface area (Å²) in [6, 6.07) is 25.7. The number of carbonyl (C=O) groups excluding carboxylic acids is 2. The number of nitrogens with zero attached hydrogens (tertiary/aromatic N) is 2. The van der Waals surface area contributed by atoms with Crippen LogP contribution < -0.4 is 23.8 Å². The number of ketones is 1. The first-order chi connectivity index (χ1) is 21.0. The number of carbonyl (C=O) groups is 2. The molecule has 214 valence electrons. The minimum atomic E-state index is -0.991. The van der Waals surface area contributed by atoms with E-state index in [1.807, 2.05) is 36.4 Å². The molecule has 7 rings (SSSR count). The fourth-order valence-corrected chi connectivity index (χ4v) is 6.21. The van der Waals surface area contributed by atoms with Crippen LogP contribution in [0.15, 0.2) is 96.6 Å². The van der Waals surface area contributed by atoms with Crippen molar-refractivity contribution in [3.63, 3.8) is 0 Å². The van der Waals surface area contributed by atoms with Crippen molar-refractivity contribution in [2.24, 2.45) is 0 Å². The van der Waals surface area contributed by atoms with Gasteiger partial charge in [-0.1, -0.05) is 41.7 Å². The Morgan fingerprint density at radius 1 is 0.884 bits per heavy atom. The molecule has 0 bridgehead atoms. The third-order valence-electron chi connectivity index (χ3n) is 7.20. The molecule has 1 fully saturated rings. The van der Waals surface area contributed by atoms with Gasteiger partial charge in [0.25, 0.3) is 5.78 Å². The molecule has 4 aromatic carbocycles. The number of para-hydroxylation sites is 1. The third kappa shape index (κ3) is 4.81. The zero-order chi connectivity index (χ0) is 29.5. The van der Waals surface area contributed by atoms with Crippen LogP contribution in [-0.4, -0.2) is 42.1 Å². The topological polar surface area (TPSA) is 107 Å². The predicted molar refractivity (Wildman–Crippen MR) is 161 cm³/mol. The van der Waals surface area contributed by atoms with Gasteiger partial charge in [0, 0.05) is 5.56 Å². The Morgan fingerprint density at radius 3 is 2.49 bits per heavy atom. The second-order valence-corrected chi connectivity index (χ2v) is 10.9. The van der Waals surface area contributed by atoms with Gasteiger partial charge in [-0.3, -0.25) is 14.5 Å². The highest BCUT2D eigenvalue weighted by molar-refractivity contribution is 7.22. The Hall–Kier alpha value is -5.35. The largest absolute Gasteiger partial charge is 0.507 e. The summed E-state index contributed by atoms with van der Waals surface area (Å²) in [6.45, 7) is 0.775. The third-order valence-corrected chi connectivity index (χ3v) is 8.22. The quantitative estimate of drug-likeness (QED) is 0.135. The van der Waals surface area contributed by atoms with Gasteiger partial charge in [-0.15, -0.1) is 0 Å². The number of amides is 1. The van der Waals surface area contributed by atoms with Gasteiger partial charge in [0.15, 0.2) is 16.6 Å². The van der Waals surface area contributed by atoms with E-state index in [2.05, 4.69) is 4.98 Å². The average Bonchev–Trinajstić information content (AvgIpc) is 3.58. The van der Waals surface area contributed by atoms with Crippen LogP contribution in [0.3, 0.4) is 0 Å². The molecule has 0 aliphatic carbocycles. The van der Waals surface area contributed by atoms with Crippen molar-refractivity contribution < 1.29 is 33.6 Å². The van der Waals surface area contributed by atoms with Gasteiger partial charge < -0.3 is 24.1 Å². The fraction of sp³-hybridized carbons (Fsp3) is 0.121. The number of ether oxygens (including phenoxy) is 4. The number of anilines is 1. The minimum absolute atomic E-state index is 0.0737. The molecule has 1 atom stereocenters. The highest BCUT2D eigenvalue weighted by atomic mass is 32.1. The molecule has 0 spiro atoms. The maximum Gasteiger partial charge on any atom is 0.301 e. The van der Waals surface area contributed by atoms with Gasteiger partial charge in [-0.25, -0.2) is 4.98 Å². The summed E-state index contributed by atoms with van der Waals surface area (Å²) in [6.07, 6.45) is 0. The number of aromatic nitrogens is 1. The van der Waals surface area contributed by atoms with Gasteiger partial charge in [-0.05, 0) is 66.2 Å². The van der Waals surface area contributed by atoms with Gasteiger partial charge >= 0.3 is 5.91 Å². The van der Waals surface area contributed by atoms with Crippen LogP contribution in [0.4, 0.5) is 5.13 Å². The summed E-state index contributed by atoms with van der Waals surface area (Å²) in [4.78, 5) is 33.5. The maximum atomic E-state index is 13.7. The van der Waals surface area contributed by atoms with E-state index in [0.717, 1.165) is 4.70 Å². The average molecular weight is 593 g/mol. The summed E-state index contributed by atoms with van der Waals surface area (Å²) < 4.78 is 23.5. The second-order valence-electron chi connectivity index (χ2n) is 9.85. The summed E-state index contributed by atoms with van der Waals surface area (Å²) in [5.74, 6) is 0.793. The van der Waals surface area contributed by atoms with Crippen LogP contribution in [-0.2, 0) is 9.59 Å². The fourth-order valence-electron chi connectivity index (χ4n) is 5.19. The van der Waals surface area contributed by atoms with E-state index in [0.29, 0.717) is 63.7 Å². The standard InChI is InChI=1S/C33H24N2O7S/c1-39-22-11-12-24-27(18-22)43-33(34-24)35-29(19-6-5-9-23(16-19)42-21-7-3-2-4-8-21)28(31(37)32(35)38)30(36)20-10-13-25-26(17-20)41-15-14-40-25/h2-13,16-18,29,36H,14-15H2,1H3/b30-28+/t29-/m1/s1. The molecular weight excluding hydrogens is 568 g/mol. The van der Waals surface area contributed by atoms with Gasteiger partial charge in [0.05, 0.1) is 28.9 Å². The van der Waals surface area contributed by atoms with Crippen LogP contribution in [0.25, 0.3) is 16.0 Å². The number of Topliss-reactive ketones (excluding diaryl/α,β-unsaturated/α-hetero) is 1. The number of methoxy groups -OCH3 is 1. The van der Waals surface area contributed by atoms with Crippen LogP contribution in [0.2, 0.25) is 0 Å². The SMILES string of the molecule is COc1ccc2nc(N3C(=O)C(=O)/C(=C(/O)c4ccc5c(c4)OCCO5)[C@H]3c3cccc(Oc4ccccc4)c3)sc2c1. The molecule has 5 aromatic rings. The van der Waals surface area contributed by atoms with E-state index in [1.165, 1.54) is 16.2 Å². The molecule has 0 radical (unpaired) electrons. The van der Waals surface area contributed by atoms with E-state index in [4.69, 9.17) is 18.9 Å². The second kappa shape index (κ2) is 10.8. The number of aliphatic hydroxyl groups is 1. The zero-order valence-corrected chi connectivity index (χ0v) is 23.7. The molecule has 9 nitrogen and oxygen atoms in total. The number of fused-ring (bicyclic) bond motifs is 2. The lowest BCUT2D eigenvalue weighted by Crippen LogP contribution is -2.29. The van der Waals surface area contributed by atoms with Crippen molar-refractivity contribution in [3.05, 3.63) is 108 Å². The highest BCUT2D eigenvalue weighted by Crippen LogP contribution is 2.46. The highest BCUT2D eigenvalue weighted by Gasteiger charge is 2.48. The number of rotatable bonds is 6. The molecule has 1 amide bonds. The molecular formula is C33H24N2O7S. The predicted octanol–water partition coefficient (Wildman–Crippen LogP) is 6.49. The Labute approximate surface area is 250 Å². The van der Waals surface area contributed by atoms with E-state index in [9.17, 15) is 14.7 Å². The summed E-state index contributed by atoms with van der Waals surface area (Å²) in [5, 5.41) is 11.9. The normalized spacial score (nSPS) is 17.3. The molecule has 43 heavy (non-hydrogen) atoms. The van der Waals surface area contributed by atoms with Crippen molar-refractivity contribution in [3.8, 4) is 28.7 Å². The first-order valence-electron chi connectivity index (χ1n) is 13.5. The van der Waals surface area contributed by atoms with Gasteiger partial charge in [-0.2, -0.15) is 0 Å². The molecule has 10 heteroatoms. The number of thiazole rings is 1. The molecule has 2 aliphatic rings. The Morgan fingerprint density at radius 2 is 1.67 bits per heavy atom. The van der Waals surface area contributed by atoms with Crippen LogP contribution >= 0.6 is 11.3 Å². The number of benzene rings is 4. The van der Waals surface area contributed by atoms with E-state index in [1.54, 1.807) is 61.7 Å². The van der Waals surface area contributed by atoms with Crippen LogP contribution in [0.1, 0.15) is 17.2 Å². The summed E-state index contributed by atoms with van der Waals surface area (Å²) in [5.41, 5.74) is 1.45. The molecule has 0 saturated carbocycles. The summed E-state index contributed by atoms with van der Waals surface area (Å²) in [7, 11) is 1.57. The smallest absolute Gasteiger partial charge is 0.301 e. The zero-order valence-electron chi connectivity index (χ0n) is 22.9. The first-order valence-corrected chi connectivity index (χ1v) is 14.3. The monoisotopic (exact) mass is 592 g/mol. The first kappa shape index (κ1) is 26.5. The van der Waals surface area contributed by atoms with E-state index in [-0.39, 0.29) is 11.3 Å². The number of hydrogen-bond donors (Lipinski definition) is 1. The Kier molecular flexibility index (Phi) is 6.67. The molecule has 1 aromatic heterocycles. The Balaban J connectivity index is 1.38. The van der Waals surface area contributed by atoms with Crippen molar-refractivity contribution in [1.29, 1.82) is 0 Å². The van der Waals surface area contributed by atoms with Crippen LogP contribution in [0.5, 0.6) is 28.7 Å². The molecule has 3 heterocycles. The lowest BCUT2D eigenvalue weighted by molar-refractivity contribution is -0.132. The molecule has 1 N–H and O–H groups in total. The van der Waals surface area contributed by atoms with Crippen molar-refractivity contribution >= 4 is 44.1 Å². The van der Waals surface area contributed by atoms with Crippen molar-refractivity contribution in [1.82, 2.24) is 4.98 Å².